The van der Waals surface area contributed by atoms with Crippen molar-refractivity contribution in [2.24, 2.45) is 46.3 Å². The molecule has 0 radical (unpaired) electrons. The Labute approximate surface area is 252 Å². The van der Waals surface area contributed by atoms with E-state index in [-0.39, 0.29) is 11.5 Å². The van der Waals surface area contributed by atoms with E-state index < -0.39 is 6.16 Å². The van der Waals surface area contributed by atoms with Crippen molar-refractivity contribution in [2.75, 3.05) is 32.8 Å². The molecule has 0 aromatic heterocycles. The first-order chi connectivity index (χ1) is 19.7. The molecule has 3 saturated carbocycles. The topological polar surface area (TPSA) is 59.6 Å². The van der Waals surface area contributed by atoms with Crippen molar-refractivity contribution in [3.05, 3.63) is 11.6 Å². The number of nitrogens with one attached hydrogen (secondary N) is 2. The summed E-state index contributed by atoms with van der Waals surface area (Å²) in [6, 6.07) is 0. The van der Waals surface area contributed by atoms with Gasteiger partial charge >= 0.3 is 6.16 Å². The van der Waals surface area contributed by atoms with Crippen LogP contribution in [0.3, 0.4) is 0 Å². The van der Waals surface area contributed by atoms with Crippen molar-refractivity contribution in [2.45, 2.75) is 131 Å². The van der Waals surface area contributed by atoms with E-state index in [0.717, 1.165) is 80.8 Å². The van der Waals surface area contributed by atoms with Gasteiger partial charge in [-0.05, 0) is 124 Å². The summed E-state index contributed by atoms with van der Waals surface area (Å²) in [4.78, 5) is 12.4. The van der Waals surface area contributed by atoms with Crippen LogP contribution in [0.1, 0.15) is 125 Å². The second-order valence-electron chi connectivity index (χ2n) is 15.2. The van der Waals surface area contributed by atoms with Crippen LogP contribution in [0.15, 0.2) is 11.6 Å². The molecular formula is C36H64N2O3. The average molecular weight is 573 g/mol. The zero-order valence-corrected chi connectivity index (χ0v) is 27.6. The van der Waals surface area contributed by atoms with Gasteiger partial charge in [-0.2, -0.15) is 0 Å². The van der Waals surface area contributed by atoms with E-state index in [0.29, 0.717) is 18.6 Å². The van der Waals surface area contributed by atoms with E-state index in [1.54, 1.807) is 5.57 Å². The van der Waals surface area contributed by atoms with Crippen LogP contribution in [0.4, 0.5) is 4.79 Å². The first kappa shape index (κ1) is 32.8. The molecule has 0 aliphatic heterocycles. The van der Waals surface area contributed by atoms with Gasteiger partial charge in [-0.25, -0.2) is 4.79 Å². The highest BCUT2D eigenvalue weighted by atomic mass is 16.7. The molecule has 5 heteroatoms. The van der Waals surface area contributed by atoms with Gasteiger partial charge in [0, 0.05) is 13.0 Å². The molecule has 0 aromatic carbocycles. The van der Waals surface area contributed by atoms with Crippen molar-refractivity contribution in [3.8, 4) is 0 Å². The lowest BCUT2D eigenvalue weighted by Crippen LogP contribution is -2.51. The highest BCUT2D eigenvalue weighted by Crippen LogP contribution is 2.67. The summed E-state index contributed by atoms with van der Waals surface area (Å²) in [5.74, 6) is 5.13. The lowest BCUT2D eigenvalue weighted by molar-refractivity contribution is -0.0616. The standard InChI is InChI=1S/C36H64N2O3/c1-7-37-21-8-9-22-38-23-24-40-34(39)41-29-17-19-35(5)28(25-29)13-14-30-32-16-15-31(27(4)12-10-11-26(2)3)36(32,6)20-18-33(30)35/h13,26-27,29-33,37-38H,7-12,14-25H2,1-6H3/t27-,29+,30+,31-,32+,33+,35+,36-/m1/s1. The van der Waals surface area contributed by atoms with Crippen LogP contribution >= 0.6 is 0 Å². The Hall–Kier alpha value is -1.07. The molecule has 41 heavy (non-hydrogen) atoms. The summed E-state index contributed by atoms with van der Waals surface area (Å²) in [6.07, 6.45) is 18.5. The second kappa shape index (κ2) is 15.1. The van der Waals surface area contributed by atoms with E-state index in [4.69, 9.17) is 9.47 Å². The lowest BCUT2D eigenvalue weighted by atomic mass is 9.47. The summed E-state index contributed by atoms with van der Waals surface area (Å²) < 4.78 is 11.2. The predicted octanol–water partition coefficient (Wildman–Crippen LogP) is 8.53. The molecule has 0 spiro atoms. The van der Waals surface area contributed by atoms with Gasteiger partial charge in [0.25, 0.3) is 0 Å². The lowest BCUT2D eigenvalue weighted by Gasteiger charge is -2.58. The molecule has 236 valence electrons. The number of rotatable bonds is 15. The van der Waals surface area contributed by atoms with Crippen LogP contribution < -0.4 is 10.6 Å². The largest absolute Gasteiger partial charge is 0.508 e. The summed E-state index contributed by atoms with van der Waals surface area (Å²) in [6.45, 7) is 18.8. The fourth-order valence-corrected chi connectivity index (χ4v) is 9.93. The molecule has 5 nitrogen and oxygen atoms in total. The molecule has 0 aromatic rings. The van der Waals surface area contributed by atoms with Crippen molar-refractivity contribution < 1.29 is 14.3 Å². The van der Waals surface area contributed by atoms with E-state index in [1.165, 1.54) is 57.8 Å². The molecule has 2 N–H and O–H groups in total. The Morgan fingerprint density at radius 1 is 0.951 bits per heavy atom. The van der Waals surface area contributed by atoms with Crippen molar-refractivity contribution >= 4 is 6.16 Å². The SMILES string of the molecule is CCNCCCCNCCOC(=O)O[C@H]1CC[C@@]2(C)C(=CC[C@H]3[C@@H]4CC[C@H]([C@H](C)CCCC(C)C)[C@@]4(C)CC[C@@H]32)C1. The molecular weight excluding hydrogens is 508 g/mol. The maximum Gasteiger partial charge on any atom is 0.508 e. The number of fused-ring (bicyclic) bond motifs is 5. The fourth-order valence-electron chi connectivity index (χ4n) is 9.93. The van der Waals surface area contributed by atoms with Gasteiger partial charge in [0.2, 0.25) is 0 Å². The quantitative estimate of drug-likeness (QED) is 0.117. The zero-order valence-electron chi connectivity index (χ0n) is 27.6. The predicted molar refractivity (Wildman–Crippen MR) is 170 cm³/mol. The first-order valence-corrected chi connectivity index (χ1v) is 17.6. The fraction of sp³-hybridized carbons (Fsp3) is 0.917. The molecule has 0 saturated heterocycles. The van der Waals surface area contributed by atoms with Gasteiger partial charge in [-0.3, -0.25) is 0 Å². The monoisotopic (exact) mass is 572 g/mol. The molecule has 0 amide bonds. The Kier molecular flexibility index (Phi) is 12.1. The summed E-state index contributed by atoms with van der Waals surface area (Å²) >= 11 is 0. The van der Waals surface area contributed by atoms with Gasteiger partial charge in [0.15, 0.2) is 0 Å². The molecule has 4 aliphatic carbocycles. The number of unbranched alkanes of at least 4 members (excludes halogenated alkanes) is 1. The van der Waals surface area contributed by atoms with Crippen molar-refractivity contribution in [1.82, 2.24) is 10.6 Å². The van der Waals surface area contributed by atoms with Crippen LogP contribution in [0.5, 0.6) is 0 Å². The maximum atomic E-state index is 12.4. The Balaban J connectivity index is 1.24. The van der Waals surface area contributed by atoms with Crippen molar-refractivity contribution in [1.29, 1.82) is 0 Å². The van der Waals surface area contributed by atoms with E-state index in [1.807, 2.05) is 0 Å². The maximum absolute atomic E-state index is 12.4. The number of hydrogen-bond donors (Lipinski definition) is 2. The third-order valence-corrected chi connectivity index (χ3v) is 12.2. The van der Waals surface area contributed by atoms with Crippen molar-refractivity contribution in [3.63, 3.8) is 0 Å². The van der Waals surface area contributed by atoms with Crippen LogP contribution in [0, 0.1) is 46.3 Å². The van der Waals surface area contributed by atoms with Gasteiger partial charge < -0.3 is 20.1 Å². The molecule has 8 atom stereocenters. The Morgan fingerprint density at radius 3 is 2.49 bits per heavy atom. The highest BCUT2D eigenvalue weighted by Gasteiger charge is 2.59. The normalized spacial score (nSPS) is 35.3. The first-order valence-electron chi connectivity index (χ1n) is 17.6. The minimum absolute atomic E-state index is 0.0335. The van der Waals surface area contributed by atoms with Crippen LogP contribution in [0.25, 0.3) is 0 Å². The molecule has 0 unspecified atom stereocenters. The minimum Gasteiger partial charge on any atom is -0.433 e. The number of hydrogen-bond acceptors (Lipinski definition) is 5. The van der Waals surface area contributed by atoms with E-state index in [9.17, 15) is 4.79 Å². The number of carbonyl (C=O) groups is 1. The van der Waals surface area contributed by atoms with E-state index >= 15 is 0 Å². The van der Waals surface area contributed by atoms with Gasteiger partial charge in [0.1, 0.15) is 12.7 Å². The van der Waals surface area contributed by atoms with Gasteiger partial charge in [-0.1, -0.05) is 72.5 Å². The number of allylic oxidation sites excluding steroid dienone is 1. The highest BCUT2D eigenvalue weighted by molar-refractivity contribution is 5.60. The summed E-state index contributed by atoms with van der Waals surface area (Å²) in [5.41, 5.74) is 2.39. The van der Waals surface area contributed by atoms with Crippen LogP contribution in [0.2, 0.25) is 0 Å². The molecule has 4 aliphatic rings. The number of carbonyl (C=O) groups excluding carboxylic acids is 1. The third kappa shape index (κ3) is 7.91. The zero-order chi connectivity index (χ0) is 29.5. The van der Waals surface area contributed by atoms with Crippen LogP contribution in [-0.4, -0.2) is 45.0 Å². The third-order valence-electron chi connectivity index (χ3n) is 12.2. The molecule has 3 fully saturated rings. The Bertz CT molecular complexity index is 858. The second-order valence-corrected chi connectivity index (χ2v) is 15.2. The smallest absolute Gasteiger partial charge is 0.433 e. The van der Waals surface area contributed by atoms with Gasteiger partial charge in [-0.15, -0.1) is 0 Å². The van der Waals surface area contributed by atoms with Gasteiger partial charge in [0.05, 0.1) is 0 Å². The van der Waals surface area contributed by atoms with Crippen LogP contribution in [-0.2, 0) is 9.47 Å². The molecule has 0 heterocycles. The Morgan fingerprint density at radius 2 is 1.73 bits per heavy atom. The summed E-state index contributed by atoms with van der Waals surface area (Å²) in [5, 5.41) is 6.70. The summed E-state index contributed by atoms with van der Waals surface area (Å²) in [7, 11) is 0. The molecule has 4 rings (SSSR count). The minimum atomic E-state index is -0.491. The average Bonchev–Trinajstić information content (AvgIpc) is 3.29. The van der Waals surface area contributed by atoms with E-state index in [2.05, 4.69) is 58.3 Å². The number of ether oxygens (including phenoxy) is 2. The molecule has 0 bridgehead atoms.